The Kier molecular flexibility index (Phi) is 4.21. The molecule has 3 N–H and O–H groups in total. The van der Waals surface area contributed by atoms with E-state index in [1.165, 1.54) is 0 Å². The van der Waals surface area contributed by atoms with Crippen LogP contribution in [0.4, 0.5) is 4.39 Å². The van der Waals surface area contributed by atoms with Gasteiger partial charge in [-0.25, -0.2) is 4.39 Å². The summed E-state index contributed by atoms with van der Waals surface area (Å²) in [6, 6.07) is 0. The Morgan fingerprint density at radius 3 is 2.36 bits per heavy atom. The first-order valence-electron chi connectivity index (χ1n) is 4.49. The fourth-order valence-electron chi connectivity index (χ4n) is 1.35. The largest absolute Gasteiger partial charge is 0.387 e. The molecule has 84 valence electrons. The lowest BCUT2D eigenvalue weighted by atomic mass is 10.00. The van der Waals surface area contributed by atoms with Crippen molar-refractivity contribution in [3.63, 3.8) is 0 Å². The van der Waals surface area contributed by atoms with Gasteiger partial charge in [0.2, 0.25) is 0 Å². The van der Waals surface area contributed by atoms with Gasteiger partial charge in [0.15, 0.2) is 6.29 Å². The Hall–Kier alpha value is -0.270. The van der Waals surface area contributed by atoms with Gasteiger partial charge in [-0.05, 0) is 6.92 Å². The van der Waals surface area contributed by atoms with Crippen molar-refractivity contribution in [1.82, 2.24) is 0 Å². The highest BCUT2D eigenvalue weighted by molar-refractivity contribution is 4.88. The molecule has 0 saturated carbocycles. The van der Waals surface area contributed by atoms with Crippen LogP contribution in [-0.4, -0.2) is 59.3 Å². The van der Waals surface area contributed by atoms with E-state index in [1.54, 1.807) is 6.92 Å². The Balaban J connectivity index is 2.63. The number of alkyl halides is 1. The molecule has 0 amide bonds. The van der Waals surface area contributed by atoms with Gasteiger partial charge in [-0.15, -0.1) is 0 Å². The maximum absolute atomic E-state index is 12.3. The van der Waals surface area contributed by atoms with Crippen molar-refractivity contribution in [2.75, 3.05) is 13.3 Å². The fraction of sp³-hybridized carbons (Fsp3) is 1.00. The predicted molar refractivity (Wildman–Crippen MR) is 44.3 cm³/mol. The summed E-state index contributed by atoms with van der Waals surface area (Å²) in [5.41, 5.74) is 0. The topological polar surface area (TPSA) is 79.2 Å². The molecule has 0 spiro atoms. The highest BCUT2D eigenvalue weighted by atomic mass is 18.2. The van der Waals surface area contributed by atoms with Gasteiger partial charge in [0, 0.05) is 6.61 Å². The van der Waals surface area contributed by atoms with E-state index < -0.39 is 37.4 Å². The highest BCUT2D eigenvalue weighted by Gasteiger charge is 2.44. The molecule has 0 aromatic rings. The molecule has 14 heavy (non-hydrogen) atoms. The quantitative estimate of drug-likeness (QED) is 0.544. The second-order valence-electron chi connectivity index (χ2n) is 3.12. The molecule has 1 rings (SSSR count). The van der Waals surface area contributed by atoms with Crippen LogP contribution in [0.15, 0.2) is 0 Å². The minimum absolute atomic E-state index is 0.267. The highest BCUT2D eigenvalue weighted by Crippen LogP contribution is 2.22. The average Bonchev–Trinajstić information content (AvgIpc) is 2.19. The molecule has 1 fully saturated rings. The summed E-state index contributed by atoms with van der Waals surface area (Å²) < 4.78 is 22.2. The summed E-state index contributed by atoms with van der Waals surface area (Å²) >= 11 is 0. The zero-order valence-electron chi connectivity index (χ0n) is 7.84. The Labute approximate surface area is 81.1 Å². The summed E-state index contributed by atoms with van der Waals surface area (Å²) in [6.45, 7) is 1.01. The van der Waals surface area contributed by atoms with Crippen molar-refractivity contribution in [2.24, 2.45) is 0 Å². The molecule has 0 radical (unpaired) electrons. The molecule has 5 atom stereocenters. The first-order valence-corrected chi connectivity index (χ1v) is 4.49. The van der Waals surface area contributed by atoms with Crippen LogP contribution in [0.25, 0.3) is 0 Å². The number of hydrogen-bond donors (Lipinski definition) is 3. The monoisotopic (exact) mass is 209 g/mol. The third kappa shape index (κ3) is 2.21. The van der Waals surface area contributed by atoms with Crippen molar-refractivity contribution < 1.29 is 29.2 Å². The number of hydrogen-bond acceptors (Lipinski definition) is 5. The van der Waals surface area contributed by atoms with E-state index >= 15 is 0 Å². The molecule has 0 bridgehead atoms. The number of rotatable bonds is 3. The van der Waals surface area contributed by atoms with E-state index in [1.807, 2.05) is 0 Å². The molecular formula is C8H15FO5. The standard InChI is InChI=1S/C8H15FO5/c1-2-13-8-7(12)6(11)5(10)4(3-9)14-8/h4-8,10-12H,2-3H2,1H3/t4-,5-,6+,7-,8?/m1/s1/i9-1. The minimum atomic E-state index is -1.44. The second-order valence-corrected chi connectivity index (χ2v) is 3.12. The summed E-state index contributed by atoms with van der Waals surface area (Å²) in [5.74, 6) is 0. The predicted octanol–water partition coefficient (Wildman–Crippen LogP) is -1.20. The van der Waals surface area contributed by atoms with E-state index in [4.69, 9.17) is 9.47 Å². The molecular weight excluding hydrogens is 194 g/mol. The molecule has 1 aliphatic heterocycles. The number of aliphatic hydroxyl groups is 3. The van der Waals surface area contributed by atoms with Crippen LogP contribution in [0.3, 0.4) is 0 Å². The van der Waals surface area contributed by atoms with Crippen LogP contribution in [0.5, 0.6) is 0 Å². The Morgan fingerprint density at radius 1 is 1.21 bits per heavy atom. The first-order chi connectivity index (χ1) is 6.61. The van der Waals surface area contributed by atoms with Gasteiger partial charge in [-0.3, -0.25) is 0 Å². The summed E-state index contributed by atoms with van der Waals surface area (Å²) in [5, 5.41) is 28.0. The van der Waals surface area contributed by atoms with Crippen LogP contribution in [0.2, 0.25) is 0 Å². The normalized spacial score (nSPS) is 43.9. The number of ether oxygens (including phenoxy) is 2. The van der Waals surface area contributed by atoms with E-state index in [9.17, 15) is 19.7 Å². The Bertz CT molecular complexity index is 175. The molecule has 1 aliphatic rings. The molecule has 0 aromatic carbocycles. The van der Waals surface area contributed by atoms with Gasteiger partial charge in [-0.2, -0.15) is 0 Å². The lowest BCUT2D eigenvalue weighted by molar-refractivity contribution is -0.297. The molecule has 1 heterocycles. The van der Waals surface area contributed by atoms with Gasteiger partial charge < -0.3 is 24.8 Å². The van der Waals surface area contributed by atoms with Gasteiger partial charge in [0.05, 0.1) is 0 Å². The van der Waals surface area contributed by atoms with Crippen LogP contribution in [-0.2, 0) is 9.47 Å². The first kappa shape index (κ1) is 11.8. The molecule has 1 unspecified atom stereocenters. The van der Waals surface area contributed by atoms with E-state index in [0.717, 1.165) is 0 Å². The summed E-state index contributed by atoms with van der Waals surface area (Å²) in [4.78, 5) is 0. The third-order valence-electron chi connectivity index (χ3n) is 2.15. The van der Waals surface area contributed by atoms with Crippen molar-refractivity contribution in [1.29, 1.82) is 0 Å². The molecule has 1 saturated heterocycles. The smallest absolute Gasteiger partial charge is 0.186 e. The van der Waals surface area contributed by atoms with Crippen LogP contribution < -0.4 is 0 Å². The van der Waals surface area contributed by atoms with E-state index in [2.05, 4.69) is 0 Å². The maximum Gasteiger partial charge on any atom is 0.186 e. The SMILES string of the molecule is CCOC1O[C@H](C[18F])[C@@H](O)[C@H](O)[C@H]1O. The zero-order valence-corrected chi connectivity index (χ0v) is 7.84. The van der Waals surface area contributed by atoms with Crippen molar-refractivity contribution >= 4 is 0 Å². The van der Waals surface area contributed by atoms with Crippen LogP contribution in [0.1, 0.15) is 6.92 Å². The molecule has 5 nitrogen and oxygen atoms in total. The molecule has 0 aromatic heterocycles. The fourth-order valence-corrected chi connectivity index (χ4v) is 1.35. The van der Waals surface area contributed by atoms with Crippen molar-refractivity contribution in [3.8, 4) is 0 Å². The zero-order chi connectivity index (χ0) is 10.7. The number of aliphatic hydroxyl groups excluding tert-OH is 3. The van der Waals surface area contributed by atoms with Gasteiger partial charge >= 0.3 is 0 Å². The van der Waals surface area contributed by atoms with Crippen molar-refractivity contribution in [2.45, 2.75) is 37.6 Å². The van der Waals surface area contributed by atoms with Crippen LogP contribution >= 0.6 is 0 Å². The Morgan fingerprint density at radius 2 is 1.86 bits per heavy atom. The minimum Gasteiger partial charge on any atom is -0.387 e. The molecule has 0 aliphatic carbocycles. The maximum atomic E-state index is 12.3. The lowest BCUT2D eigenvalue weighted by Crippen LogP contribution is -2.58. The van der Waals surface area contributed by atoms with Crippen molar-refractivity contribution in [3.05, 3.63) is 0 Å². The number of halogens is 1. The van der Waals surface area contributed by atoms with E-state index in [-0.39, 0.29) is 6.61 Å². The lowest BCUT2D eigenvalue weighted by Gasteiger charge is -2.39. The van der Waals surface area contributed by atoms with E-state index in [0.29, 0.717) is 0 Å². The summed E-state index contributed by atoms with van der Waals surface area (Å²) in [7, 11) is 0. The van der Waals surface area contributed by atoms with Gasteiger partial charge in [0.25, 0.3) is 0 Å². The second kappa shape index (κ2) is 4.99. The van der Waals surface area contributed by atoms with Gasteiger partial charge in [-0.1, -0.05) is 0 Å². The molecule has 6 heteroatoms. The van der Waals surface area contributed by atoms with Crippen LogP contribution in [0, 0.1) is 0 Å². The van der Waals surface area contributed by atoms with Gasteiger partial charge in [0.1, 0.15) is 31.1 Å². The summed E-state index contributed by atoms with van der Waals surface area (Å²) in [6.07, 6.45) is -6.45. The average molecular weight is 209 g/mol. The third-order valence-corrected chi connectivity index (χ3v) is 2.15.